The largest absolute Gasteiger partial charge is 0.505 e. The number of hydrogen-bond acceptors (Lipinski definition) is 7. The number of carbonyl (C=O) groups is 3. The second-order valence-electron chi connectivity index (χ2n) is 4.83. The van der Waals surface area contributed by atoms with Crippen LogP contribution in [-0.2, 0) is 9.53 Å². The van der Waals surface area contributed by atoms with Crippen LogP contribution in [0.1, 0.15) is 34.1 Å². The van der Waals surface area contributed by atoms with Gasteiger partial charge in [-0.3, -0.25) is 9.59 Å². The second-order valence-corrected chi connectivity index (χ2v) is 5.20. The summed E-state index contributed by atoms with van der Waals surface area (Å²) in [6.45, 7) is 1.69. The molecule has 23 heavy (non-hydrogen) atoms. The molecule has 3 N–H and O–H groups in total. The zero-order valence-corrected chi connectivity index (χ0v) is 13.1. The number of benzene rings is 1. The predicted octanol–water partition coefficient (Wildman–Crippen LogP) is 2.05. The monoisotopic (exact) mass is 339 g/mol. The van der Waals surface area contributed by atoms with Crippen LogP contribution < -0.4 is 5.32 Å². The third-order valence-electron chi connectivity index (χ3n) is 3.48. The van der Waals surface area contributed by atoms with Gasteiger partial charge in [0.25, 0.3) is 0 Å². The molecule has 1 aromatic rings. The van der Waals surface area contributed by atoms with Crippen LogP contribution in [0.25, 0.3) is 0 Å². The van der Waals surface area contributed by atoms with E-state index < -0.39 is 35.1 Å². The van der Waals surface area contributed by atoms with Gasteiger partial charge in [0.15, 0.2) is 17.3 Å². The van der Waals surface area contributed by atoms with Crippen LogP contribution in [-0.4, -0.2) is 40.9 Å². The number of methoxy groups -OCH3 is 1. The van der Waals surface area contributed by atoms with Crippen LogP contribution in [0.15, 0.2) is 12.2 Å². The molecule has 8 heteroatoms. The van der Waals surface area contributed by atoms with Crippen molar-refractivity contribution in [2.45, 2.75) is 19.4 Å². The fraction of sp³-hybridized carbons (Fsp3) is 0.267. The van der Waals surface area contributed by atoms with Gasteiger partial charge >= 0.3 is 5.97 Å². The maximum atomic E-state index is 11.9. The average Bonchev–Trinajstić information content (AvgIpc) is 2.54. The molecule has 0 fully saturated rings. The number of hydrogen-bond donors (Lipinski definition) is 3. The quantitative estimate of drug-likeness (QED) is 0.437. The highest BCUT2D eigenvalue weighted by Crippen LogP contribution is 2.46. The molecule has 0 bridgehead atoms. The number of allylic oxidation sites excluding steroid dienone is 2. The molecule has 0 saturated heterocycles. The van der Waals surface area contributed by atoms with E-state index in [9.17, 15) is 24.6 Å². The summed E-state index contributed by atoms with van der Waals surface area (Å²) in [6.07, 6.45) is 2.27. The molecule has 0 radical (unpaired) electrons. The molecular formula is C15H14ClNO6. The van der Waals surface area contributed by atoms with E-state index in [0.717, 1.165) is 12.2 Å². The van der Waals surface area contributed by atoms with E-state index in [1.54, 1.807) is 6.92 Å². The van der Waals surface area contributed by atoms with Crippen molar-refractivity contribution < 1.29 is 29.3 Å². The molecule has 1 aliphatic carbocycles. The Morgan fingerprint density at radius 3 is 2.22 bits per heavy atom. The van der Waals surface area contributed by atoms with Crippen molar-refractivity contribution in [3.05, 3.63) is 28.3 Å². The van der Waals surface area contributed by atoms with Crippen molar-refractivity contribution in [1.29, 1.82) is 0 Å². The number of ketones is 2. The van der Waals surface area contributed by atoms with E-state index in [0.29, 0.717) is 6.42 Å². The summed E-state index contributed by atoms with van der Waals surface area (Å²) >= 11 is 5.99. The van der Waals surface area contributed by atoms with Crippen molar-refractivity contribution in [1.82, 2.24) is 0 Å². The summed E-state index contributed by atoms with van der Waals surface area (Å²) < 4.78 is 4.62. The van der Waals surface area contributed by atoms with Gasteiger partial charge in [-0.15, -0.1) is 0 Å². The minimum absolute atomic E-state index is 0.211. The molecule has 0 heterocycles. The highest BCUT2D eigenvalue weighted by molar-refractivity contribution is 6.37. The average molecular weight is 340 g/mol. The first-order valence-electron chi connectivity index (χ1n) is 6.71. The van der Waals surface area contributed by atoms with Crippen molar-refractivity contribution in [3.63, 3.8) is 0 Å². The van der Waals surface area contributed by atoms with Gasteiger partial charge in [0.05, 0.1) is 18.2 Å². The summed E-state index contributed by atoms with van der Waals surface area (Å²) in [6, 6.07) is -0.856. The molecule has 0 amide bonds. The number of rotatable bonds is 4. The molecule has 0 aliphatic heterocycles. The van der Waals surface area contributed by atoms with Crippen LogP contribution in [0.5, 0.6) is 11.5 Å². The Balaban J connectivity index is 2.62. The lowest BCUT2D eigenvalue weighted by Crippen LogP contribution is -2.30. The molecule has 0 aromatic heterocycles. The maximum absolute atomic E-state index is 11.9. The summed E-state index contributed by atoms with van der Waals surface area (Å²) in [7, 11) is 1.20. The Morgan fingerprint density at radius 1 is 1.22 bits per heavy atom. The number of phenols is 2. The van der Waals surface area contributed by atoms with Crippen molar-refractivity contribution >= 4 is 34.8 Å². The van der Waals surface area contributed by atoms with Gasteiger partial charge in [0.2, 0.25) is 0 Å². The number of anilines is 1. The first kappa shape index (κ1) is 16.8. The number of carbonyl (C=O) groups excluding carboxylic acids is 3. The van der Waals surface area contributed by atoms with Gasteiger partial charge in [-0.05, 0) is 18.6 Å². The lowest BCUT2D eigenvalue weighted by molar-refractivity contribution is -0.141. The van der Waals surface area contributed by atoms with Gasteiger partial charge in [-0.2, -0.15) is 0 Å². The summed E-state index contributed by atoms with van der Waals surface area (Å²) in [5.74, 6) is -3.15. The number of halogens is 1. The molecule has 7 nitrogen and oxygen atoms in total. The van der Waals surface area contributed by atoms with Gasteiger partial charge in [0.1, 0.15) is 22.5 Å². The molecule has 122 valence electrons. The minimum Gasteiger partial charge on any atom is -0.505 e. The van der Waals surface area contributed by atoms with E-state index in [2.05, 4.69) is 10.1 Å². The number of phenolic OH excluding ortho intramolecular Hbond substituents is 2. The van der Waals surface area contributed by atoms with Crippen molar-refractivity contribution in [2.75, 3.05) is 12.4 Å². The summed E-state index contributed by atoms with van der Waals surface area (Å²) in [5.41, 5.74) is -0.935. The highest BCUT2D eigenvalue weighted by Gasteiger charge is 2.32. The van der Waals surface area contributed by atoms with Crippen LogP contribution in [0.2, 0.25) is 5.02 Å². The normalized spacial score (nSPS) is 14.4. The maximum Gasteiger partial charge on any atom is 0.328 e. The Kier molecular flexibility index (Phi) is 4.60. The third kappa shape index (κ3) is 2.75. The zero-order chi connectivity index (χ0) is 17.3. The molecular weight excluding hydrogens is 326 g/mol. The SMILES string of the molecule is CC[C@H](Nc1c(O)c2c(c(O)c1Cl)C(=O)C=CC2=O)C(=O)OC. The number of nitrogens with one attached hydrogen (secondary N) is 1. The molecule has 0 unspecified atom stereocenters. The van der Waals surface area contributed by atoms with Crippen LogP contribution >= 0.6 is 11.6 Å². The number of ether oxygens (including phenoxy) is 1. The summed E-state index contributed by atoms with van der Waals surface area (Å²) in [4.78, 5) is 35.4. The summed E-state index contributed by atoms with van der Waals surface area (Å²) in [5, 5.41) is 22.7. The number of fused-ring (bicyclic) bond motifs is 1. The van der Waals surface area contributed by atoms with Crippen LogP contribution in [0.4, 0.5) is 5.69 Å². The molecule has 1 aromatic carbocycles. The Labute approximate surface area is 136 Å². The van der Waals surface area contributed by atoms with E-state index in [1.807, 2.05) is 0 Å². The lowest BCUT2D eigenvalue weighted by Gasteiger charge is -2.22. The fourth-order valence-corrected chi connectivity index (χ4v) is 2.51. The van der Waals surface area contributed by atoms with E-state index in [4.69, 9.17) is 11.6 Å². The van der Waals surface area contributed by atoms with E-state index in [-0.39, 0.29) is 21.8 Å². The van der Waals surface area contributed by atoms with Crippen molar-refractivity contribution in [3.8, 4) is 11.5 Å². The zero-order valence-electron chi connectivity index (χ0n) is 12.3. The van der Waals surface area contributed by atoms with Gasteiger partial charge in [-0.1, -0.05) is 18.5 Å². The van der Waals surface area contributed by atoms with E-state index >= 15 is 0 Å². The standard InChI is InChI=1S/C15H14ClNO6/c1-3-6(15(22)23-2)17-12-11(16)13(20)9-7(18)4-5-8(19)10(9)14(12)21/h4-6,17,20-21H,3H2,1-2H3/t6-/m0/s1. The highest BCUT2D eigenvalue weighted by atomic mass is 35.5. The Morgan fingerprint density at radius 2 is 1.74 bits per heavy atom. The van der Waals surface area contributed by atoms with Gasteiger partial charge in [0, 0.05) is 0 Å². The topological polar surface area (TPSA) is 113 Å². The van der Waals surface area contributed by atoms with Crippen molar-refractivity contribution in [2.24, 2.45) is 0 Å². The smallest absolute Gasteiger partial charge is 0.328 e. The van der Waals surface area contributed by atoms with Crippen LogP contribution in [0, 0.1) is 0 Å². The first-order valence-corrected chi connectivity index (χ1v) is 7.09. The molecule has 0 spiro atoms. The first-order chi connectivity index (χ1) is 10.8. The van der Waals surface area contributed by atoms with Gasteiger partial charge in [-0.25, -0.2) is 4.79 Å². The Hall–Kier alpha value is -2.54. The van der Waals surface area contributed by atoms with Crippen LogP contribution in [0.3, 0.4) is 0 Å². The minimum atomic E-state index is -0.856. The molecule has 1 aliphatic rings. The van der Waals surface area contributed by atoms with E-state index in [1.165, 1.54) is 7.11 Å². The predicted molar refractivity (Wildman–Crippen MR) is 82.3 cm³/mol. The fourth-order valence-electron chi connectivity index (χ4n) is 2.27. The second kappa shape index (κ2) is 6.29. The lowest BCUT2D eigenvalue weighted by atomic mass is 9.92. The molecule has 2 rings (SSSR count). The number of esters is 1. The Bertz CT molecular complexity index is 740. The van der Waals surface area contributed by atoms with Gasteiger partial charge < -0.3 is 20.3 Å². The third-order valence-corrected chi connectivity index (χ3v) is 3.85. The molecule has 0 saturated carbocycles. The number of aromatic hydroxyl groups is 2. The molecule has 1 atom stereocenters.